The second kappa shape index (κ2) is 9.63. The first-order valence-corrected chi connectivity index (χ1v) is 14.7. The molecule has 5 rings (SSSR count). The minimum atomic E-state index is -3.55. The Morgan fingerprint density at radius 3 is 2.68 bits per heavy atom. The number of hydrogen-bond acceptors (Lipinski definition) is 4. The van der Waals surface area contributed by atoms with Crippen molar-refractivity contribution in [2.75, 3.05) is 13.1 Å². The van der Waals surface area contributed by atoms with Gasteiger partial charge in [0.2, 0.25) is 10.0 Å². The molecule has 8 heteroatoms. The summed E-state index contributed by atoms with van der Waals surface area (Å²) in [6, 6.07) is 11.2. The zero-order valence-corrected chi connectivity index (χ0v) is 21.5. The second-order valence-electron chi connectivity index (χ2n) is 9.80. The first-order chi connectivity index (χ1) is 16.3. The van der Waals surface area contributed by atoms with Gasteiger partial charge in [-0.05, 0) is 67.9 Å². The third-order valence-electron chi connectivity index (χ3n) is 7.20. The number of piperidine rings is 1. The Morgan fingerprint density at radius 2 is 1.91 bits per heavy atom. The molecule has 1 aliphatic carbocycles. The Bertz CT molecular complexity index is 1300. The molecule has 3 aromatic rings. The third kappa shape index (κ3) is 4.52. The van der Waals surface area contributed by atoms with Crippen LogP contribution in [0.1, 0.15) is 62.6 Å². The zero-order valence-electron chi connectivity index (χ0n) is 19.8. The van der Waals surface area contributed by atoms with E-state index in [0.29, 0.717) is 52.3 Å². The molecule has 182 valence electrons. The highest BCUT2D eigenvalue weighted by atomic mass is 32.2. The number of rotatable bonds is 6. The zero-order chi connectivity index (χ0) is 23.9. The summed E-state index contributed by atoms with van der Waals surface area (Å²) in [5.41, 5.74) is 2.97. The van der Waals surface area contributed by atoms with E-state index in [1.54, 1.807) is 29.4 Å². The number of aryl methyl sites for hydroxylation is 1. The molecular weight excluding hydrogens is 469 g/mol. The lowest BCUT2D eigenvalue weighted by atomic mass is 10.0. The number of benzene rings is 2. The van der Waals surface area contributed by atoms with Crippen LogP contribution in [0.3, 0.4) is 0 Å². The number of sulfonamides is 1. The van der Waals surface area contributed by atoms with Crippen LogP contribution >= 0.6 is 11.8 Å². The van der Waals surface area contributed by atoms with E-state index in [2.05, 4.69) is 11.5 Å². The summed E-state index contributed by atoms with van der Waals surface area (Å²) >= 11 is 1.53. The lowest BCUT2D eigenvalue weighted by molar-refractivity contribution is 0.281. The first kappa shape index (κ1) is 23.8. The molecule has 0 spiro atoms. The van der Waals surface area contributed by atoms with Gasteiger partial charge in [-0.15, -0.1) is 0 Å². The van der Waals surface area contributed by atoms with E-state index in [4.69, 9.17) is 4.98 Å². The van der Waals surface area contributed by atoms with Crippen molar-refractivity contribution in [3.63, 3.8) is 0 Å². The molecule has 1 saturated heterocycles. The van der Waals surface area contributed by atoms with E-state index in [9.17, 15) is 12.8 Å². The van der Waals surface area contributed by atoms with Gasteiger partial charge >= 0.3 is 0 Å². The molecule has 0 N–H and O–H groups in total. The molecule has 1 aromatic heterocycles. The molecule has 0 radical (unpaired) electrons. The molecule has 34 heavy (non-hydrogen) atoms. The summed E-state index contributed by atoms with van der Waals surface area (Å²) in [5.74, 6) is 0.696. The molecular formula is C26H32FN3O2S2. The molecule has 1 aliphatic heterocycles. The lowest BCUT2D eigenvalue weighted by Crippen LogP contribution is -2.39. The molecule has 2 heterocycles. The Hall–Kier alpha value is -1.90. The molecule has 0 unspecified atom stereocenters. The molecule has 2 fully saturated rings. The van der Waals surface area contributed by atoms with Gasteiger partial charge in [-0.2, -0.15) is 4.31 Å². The molecule has 1 saturated carbocycles. The predicted octanol–water partition coefficient (Wildman–Crippen LogP) is 6.31. The van der Waals surface area contributed by atoms with Crippen LogP contribution in [0.15, 0.2) is 46.5 Å². The topological polar surface area (TPSA) is 55.2 Å². The number of thioether (sulfide) groups is 1. The van der Waals surface area contributed by atoms with Crippen LogP contribution in [0.25, 0.3) is 11.0 Å². The Balaban J connectivity index is 1.50. The van der Waals surface area contributed by atoms with Gasteiger partial charge in [0, 0.05) is 24.9 Å². The van der Waals surface area contributed by atoms with Crippen LogP contribution in [-0.4, -0.2) is 35.4 Å². The highest BCUT2D eigenvalue weighted by molar-refractivity contribution is 7.98. The maximum Gasteiger partial charge on any atom is 0.243 e. The highest BCUT2D eigenvalue weighted by Crippen LogP contribution is 2.38. The smallest absolute Gasteiger partial charge is 0.243 e. The number of halogens is 1. The van der Waals surface area contributed by atoms with Crippen LogP contribution in [0.5, 0.6) is 0 Å². The number of hydrogen-bond donors (Lipinski definition) is 0. The Labute approximate surface area is 205 Å². The lowest BCUT2D eigenvalue weighted by Gasteiger charge is -2.30. The van der Waals surface area contributed by atoms with Crippen LogP contribution in [0.2, 0.25) is 0 Å². The van der Waals surface area contributed by atoms with Gasteiger partial charge < -0.3 is 4.57 Å². The van der Waals surface area contributed by atoms with Crippen molar-refractivity contribution < 1.29 is 12.8 Å². The number of fused-ring (bicyclic) bond motifs is 1. The van der Waals surface area contributed by atoms with Crippen molar-refractivity contribution in [2.45, 2.75) is 74.2 Å². The molecule has 1 atom stereocenters. The first-order valence-electron chi connectivity index (χ1n) is 12.2. The van der Waals surface area contributed by atoms with Crippen molar-refractivity contribution in [2.24, 2.45) is 5.92 Å². The molecule has 2 aromatic carbocycles. The maximum absolute atomic E-state index is 14.6. The number of nitrogens with zero attached hydrogens (tertiary/aromatic N) is 3. The maximum atomic E-state index is 14.6. The van der Waals surface area contributed by atoms with Gasteiger partial charge in [-0.3, -0.25) is 0 Å². The van der Waals surface area contributed by atoms with E-state index in [1.165, 1.54) is 24.6 Å². The minimum Gasteiger partial charge on any atom is -0.316 e. The number of aromatic nitrogens is 2. The van der Waals surface area contributed by atoms with Crippen LogP contribution in [0.4, 0.5) is 4.39 Å². The van der Waals surface area contributed by atoms with Crippen molar-refractivity contribution >= 4 is 32.8 Å². The third-order valence-corrected chi connectivity index (χ3v) is 10.1. The van der Waals surface area contributed by atoms with Crippen molar-refractivity contribution in [1.29, 1.82) is 0 Å². The van der Waals surface area contributed by atoms with Crippen molar-refractivity contribution in [1.82, 2.24) is 13.9 Å². The standard InChI is InChI=1S/C26H32FN3O2S2/c1-18-7-6-14-29(16-18)34(31,32)22-12-13-24-23(15-22)28-26(30(24)21-10-3-4-11-21)33-17-20-9-5-8-19(2)25(20)27/h5,8-9,12-13,15,18,21H,3-4,6-7,10-11,14,16-17H2,1-2H3/t18-/m1/s1. The average Bonchev–Trinajstić information content (AvgIpc) is 3.47. The summed E-state index contributed by atoms with van der Waals surface area (Å²) < 4.78 is 45.2. The van der Waals surface area contributed by atoms with Crippen molar-refractivity contribution in [3.8, 4) is 0 Å². The second-order valence-corrected chi connectivity index (χ2v) is 12.7. The van der Waals surface area contributed by atoms with Gasteiger partial charge in [-0.1, -0.05) is 49.7 Å². The molecule has 0 amide bonds. The average molecular weight is 502 g/mol. The van der Waals surface area contributed by atoms with Gasteiger partial charge in [0.25, 0.3) is 0 Å². The number of imidazole rings is 1. The SMILES string of the molecule is Cc1cccc(CSc2nc3cc(S(=O)(=O)N4CCC[C@@H](C)C4)ccc3n2C2CCCC2)c1F. The summed E-state index contributed by atoms with van der Waals surface area (Å²) in [6.45, 7) is 5.03. The van der Waals surface area contributed by atoms with E-state index in [-0.39, 0.29) is 5.82 Å². The Morgan fingerprint density at radius 1 is 1.12 bits per heavy atom. The van der Waals surface area contributed by atoms with Gasteiger partial charge in [0.05, 0.1) is 15.9 Å². The van der Waals surface area contributed by atoms with Crippen LogP contribution < -0.4 is 0 Å². The predicted molar refractivity (Wildman–Crippen MR) is 135 cm³/mol. The normalized spacial score (nSPS) is 20.4. The summed E-state index contributed by atoms with van der Waals surface area (Å²) in [7, 11) is -3.55. The highest BCUT2D eigenvalue weighted by Gasteiger charge is 2.30. The van der Waals surface area contributed by atoms with E-state index in [1.807, 2.05) is 18.2 Å². The van der Waals surface area contributed by atoms with E-state index >= 15 is 0 Å². The summed E-state index contributed by atoms with van der Waals surface area (Å²) in [5, 5.41) is 0.837. The van der Waals surface area contributed by atoms with Crippen molar-refractivity contribution in [3.05, 3.63) is 53.3 Å². The Kier molecular flexibility index (Phi) is 6.75. The van der Waals surface area contributed by atoms with Gasteiger partial charge in [0.1, 0.15) is 5.82 Å². The minimum absolute atomic E-state index is 0.164. The molecule has 5 nitrogen and oxygen atoms in total. The molecule has 2 aliphatic rings. The quantitative estimate of drug-likeness (QED) is 0.371. The van der Waals surface area contributed by atoms with Crippen LogP contribution in [0, 0.1) is 18.7 Å². The van der Waals surface area contributed by atoms with Gasteiger partial charge in [0.15, 0.2) is 5.16 Å². The summed E-state index contributed by atoms with van der Waals surface area (Å²) in [6.07, 6.45) is 6.50. The fraction of sp³-hybridized carbons (Fsp3) is 0.500. The largest absolute Gasteiger partial charge is 0.316 e. The van der Waals surface area contributed by atoms with E-state index in [0.717, 1.165) is 36.4 Å². The summed E-state index contributed by atoms with van der Waals surface area (Å²) in [4.78, 5) is 5.19. The molecule has 0 bridgehead atoms. The van der Waals surface area contributed by atoms with Crippen LogP contribution in [-0.2, 0) is 15.8 Å². The fourth-order valence-electron chi connectivity index (χ4n) is 5.31. The van der Waals surface area contributed by atoms with Gasteiger partial charge in [-0.25, -0.2) is 17.8 Å². The monoisotopic (exact) mass is 501 g/mol. The fourth-order valence-corrected chi connectivity index (χ4v) is 7.99. The van der Waals surface area contributed by atoms with E-state index < -0.39 is 10.0 Å².